The molecular formula is C13H22N4O4S. The fraction of sp³-hybridized carbons (Fsp3) is 0.692. The Morgan fingerprint density at radius 1 is 1.50 bits per heavy atom. The maximum Gasteiger partial charge on any atom is 0.272 e. The lowest BCUT2D eigenvalue weighted by Crippen LogP contribution is -2.43. The van der Waals surface area contributed by atoms with Gasteiger partial charge in [0.05, 0.1) is 25.0 Å². The van der Waals surface area contributed by atoms with E-state index in [4.69, 9.17) is 4.74 Å². The topological polar surface area (TPSA) is 93.5 Å². The van der Waals surface area contributed by atoms with Crippen molar-refractivity contribution >= 4 is 15.9 Å². The Balaban J connectivity index is 2.04. The molecule has 0 radical (unpaired) electrons. The van der Waals surface area contributed by atoms with Crippen LogP contribution < -0.4 is 5.32 Å². The number of nitrogens with zero attached hydrogens (tertiary/aromatic N) is 3. The first-order valence-corrected chi connectivity index (χ1v) is 8.61. The van der Waals surface area contributed by atoms with Crippen LogP contribution in [0.3, 0.4) is 0 Å². The lowest BCUT2D eigenvalue weighted by Gasteiger charge is -2.20. The van der Waals surface area contributed by atoms with Crippen molar-refractivity contribution in [2.75, 3.05) is 33.1 Å². The number of sulfonamides is 1. The van der Waals surface area contributed by atoms with E-state index in [0.29, 0.717) is 18.9 Å². The summed E-state index contributed by atoms with van der Waals surface area (Å²) in [6.45, 7) is 2.49. The third-order valence-corrected chi connectivity index (χ3v) is 5.80. The molecule has 8 nitrogen and oxygen atoms in total. The van der Waals surface area contributed by atoms with Gasteiger partial charge in [0.15, 0.2) is 0 Å². The zero-order valence-electron chi connectivity index (χ0n) is 13.2. The molecule has 0 bridgehead atoms. The Morgan fingerprint density at radius 2 is 2.18 bits per heavy atom. The molecule has 0 aliphatic carbocycles. The molecule has 2 heterocycles. The molecular weight excluding hydrogens is 308 g/mol. The molecule has 0 unspecified atom stereocenters. The molecule has 1 amide bonds. The van der Waals surface area contributed by atoms with Crippen molar-refractivity contribution in [1.82, 2.24) is 19.4 Å². The Morgan fingerprint density at radius 3 is 2.73 bits per heavy atom. The van der Waals surface area contributed by atoms with Crippen LogP contribution in [-0.2, 0) is 21.8 Å². The summed E-state index contributed by atoms with van der Waals surface area (Å²) in [4.78, 5) is 12.2. The minimum absolute atomic E-state index is 0.0494. The van der Waals surface area contributed by atoms with E-state index in [2.05, 4.69) is 10.4 Å². The van der Waals surface area contributed by atoms with E-state index < -0.39 is 10.0 Å². The highest BCUT2D eigenvalue weighted by molar-refractivity contribution is 7.89. The average Bonchev–Trinajstić information content (AvgIpc) is 2.97. The quantitative estimate of drug-likeness (QED) is 0.775. The molecule has 1 aliphatic heterocycles. The number of carbonyl (C=O) groups excluding carboxylic acids is 1. The number of ether oxygens (including phenoxy) is 1. The van der Waals surface area contributed by atoms with Crippen LogP contribution in [0.25, 0.3) is 0 Å². The number of nitrogens with one attached hydrogen (secondary N) is 1. The van der Waals surface area contributed by atoms with Crippen molar-refractivity contribution in [3.05, 3.63) is 17.5 Å². The van der Waals surface area contributed by atoms with E-state index in [-0.39, 0.29) is 23.6 Å². The highest BCUT2D eigenvalue weighted by atomic mass is 32.2. The number of carbonyl (C=O) groups is 1. The van der Waals surface area contributed by atoms with Crippen molar-refractivity contribution in [2.24, 2.45) is 13.0 Å². The van der Waals surface area contributed by atoms with Crippen molar-refractivity contribution in [3.63, 3.8) is 0 Å². The van der Waals surface area contributed by atoms with E-state index in [1.165, 1.54) is 18.4 Å². The second-order valence-corrected chi connectivity index (χ2v) is 7.96. The molecule has 0 saturated carbocycles. The third kappa shape index (κ3) is 3.65. The minimum atomic E-state index is -3.34. The molecule has 1 saturated heterocycles. The van der Waals surface area contributed by atoms with Crippen LogP contribution in [-0.4, -0.2) is 67.5 Å². The number of amides is 1. The molecule has 22 heavy (non-hydrogen) atoms. The molecule has 1 aromatic heterocycles. The van der Waals surface area contributed by atoms with E-state index in [1.807, 2.05) is 6.92 Å². The number of aromatic nitrogens is 2. The Hall–Kier alpha value is -1.45. The maximum absolute atomic E-state index is 12.2. The highest BCUT2D eigenvalue weighted by Gasteiger charge is 2.34. The van der Waals surface area contributed by atoms with Crippen molar-refractivity contribution < 1.29 is 17.9 Å². The molecule has 0 aromatic carbocycles. The number of hydrogen-bond acceptors (Lipinski definition) is 5. The van der Waals surface area contributed by atoms with Gasteiger partial charge in [0, 0.05) is 32.8 Å². The van der Waals surface area contributed by atoms with E-state index in [9.17, 15) is 13.2 Å². The van der Waals surface area contributed by atoms with Crippen LogP contribution >= 0.6 is 0 Å². The van der Waals surface area contributed by atoms with Gasteiger partial charge in [-0.1, -0.05) is 0 Å². The summed E-state index contributed by atoms with van der Waals surface area (Å²) in [5.41, 5.74) is 1.20. The molecule has 0 spiro atoms. The first-order valence-electron chi connectivity index (χ1n) is 7.00. The Bertz CT molecular complexity index is 633. The van der Waals surface area contributed by atoms with Gasteiger partial charge in [0.25, 0.3) is 5.91 Å². The second-order valence-electron chi connectivity index (χ2n) is 5.73. The average molecular weight is 330 g/mol. The fourth-order valence-electron chi connectivity index (χ4n) is 2.26. The summed E-state index contributed by atoms with van der Waals surface area (Å²) in [5.74, 6) is -0.626. The van der Waals surface area contributed by atoms with Crippen LogP contribution in [0.5, 0.6) is 0 Å². The maximum atomic E-state index is 12.2. The lowest BCUT2D eigenvalue weighted by molar-refractivity contribution is 0.0920. The number of aryl methyl sites for hydroxylation is 2. The first-order chi connectivity index (χ1) is 10.2. The zero-order chi connectivity index (χ0) is 16.5. The SMILES string of the molecule is Cc1cc(C(=O)N[C@H]2COC[C@H]2CS(=O)(=O)N(C)C)nn1C. The van der Waals surface area contributed by atoms with Crippen molar-refractivity contribution in [3.8, 4) is 0 Å². The van der Waals surface area contributed by atoms with Gasteiger partial charge in [0.1, 0.15) is 5.69 Å². The highest BCUT2D eigenvalue weighted by Crippen LogP contribution is 2.17. The summed E-state index contributed by atoms with van der Waals surface area (Å²) in [6, 6.07) is 1.36. The molecule has 1 aliphatic rings. The minimum Gasteiger partial charge on any atom is -0.379 e. The van der Waals surface area contributed by atoms with Crippen LogP contribution in [0.4, 0.5) is 0 Å². The fourth-order valence-corrected chi connectivity index (χ4v) is 3.42. The van der Waals surface area contributed by atoms with Crippen molar-refractivity contribution in [1.29, 1.82) is 0 Å². The van der Waals surface area contributed by atoms with Crippen LogP contribution in [0.15, 0.2) is 6.07 Å². The molecule has 124 valence electrons. The van der Waals surface area contributed by atoms with E-state index >= 15 is 0 Å². The summed E-state index contributed by atoms with van der Waals surface area (Å²) < 4.78 is 32.1. The van der Waals surface area contributed by atoms with Gasteiger partial charge in [-0.05, 0) is 13.0 Å². The molecule has 2 rings (SSSR count). The number of hydrogen-bond donors (Lipinski definition) is 1. The molecule has 2 atom stereocenters. The lowest BCUT2D eigenvalue weighted by atomic mass is 10.1. The van der Waals surface area contributed by atoms with Gasteiger partial charge in [0.2, 0.25) is 10.0 Å². The normalized spacial score (nSPS) is 22.2. The van der Waals surface area contributed by atoms with Gasteiger partial charge >= 0.3 is 0 Å². The summed E-state index contributed by atoms with van der Waals surface area (Å²) in [7, 11) is 1.42. The van der Waals surface area contributed by atoms with E-state index in [1.54, 1.807) is 17.8 Å². The summed E-state index contributed by atoms with van der Waals surface area (Å²) >= 11 is 0. The van der Waals surface area contributed by atoms with Gasteiger partial charge in [-0.3, -0.25) is 9.48 Å². The van der Waals surface area contributed by atoms with Gasteiger partial charge in [-0.2, -0.15) is 5.10 Å². The monoisotopic (exact) mass is 330 g/mol. The third-order valence-electron chi connectivity index (χ3n) is 3.84. The smallest absolute Gasteiger partial charge is 0.272 e. The Labute approximate surface area is 130 Å². The summed E-state index contributed by atoms with van der Waals surface area (Å²) in [5, 5.41) is 6.94. The standard InChI is InChI=1S/C13H22N4O4S/c1-9-5-11(15-17(9)4)13(18)14-12-7-21-6-10(12)8-22(19,20)16(2)3/h5,10,12H,6-8H2,1-4H3,(H,14,18)/t10-,12-/m0/s1. The van der Waals surface area contributed by atoms with Gasteiger partial charge in [-0.25, -0.2) is 12.7 Å². The predicted molar refractivity (Wildman–Crippen MR) is 81.0 cm³/mol. The van der Waals surface area contributed by atoms with Gasteiger partial charge < -0.3 is 10.1 Å². The van der Waals surface area contributed by atoms with E-state index in [0.717, 1.165) is 5.69 Å². The molecule has 9 heteroatoms. The summed E-state index contributed by atoms with van der Waals surface area (Å²) in [6.07, 6.45) is 0. The number of rotatable bonds is 5. The van der Waals surface area contributed by atoms with Crippen LogP contribution in [0, 0.1) is 12.8 Å². The molecule has 1 N–H and O–H groups in total. The first kappa shape index (κ1) is 16.9. The van der Waals surface area contributed by atoms with Crippen LogP contribution in [0.2, 0.25) is 0 Å². The van der Waals surface area contributed by atoms with Crippen LogP contribution in [0.1, 0.15) is 16.2 Å². The zero-order valence-corrected chi connectivity index (χ0v) is 14.1. The Kier molecular flexibility index (Phi) is 4.88. The van der Waals surface area contributed by atoms with Crippen molar-refractivity contribution in [2.45, 2.75) is 13.0 Å². The molecule has 1 fully saturated rings. The largest absolute Gasteiger partial charge is 0.379 e. The van der Waals surface area contributed by atoms with Gasteiger partial charge in [-0.15, -0.1) is 0 Å². The molecule has 1 aromatic rings. The second kappa shape index (κ2) is 6.35. The predicted octanol–water partition coefficient (Wildman–Crippen LogP) is -0.635.